The molecule has 0 N–H and O–H groups in total. The lowest BCUT2D eigenvalue weighted by atomic mass is 10.1. The van der Waals surface area contributed by atoms with E-state index in [1.54, 1.807) is 0 Å². The van der Waals surface area contributed by atoms with Crippen LogP contribution in [0, 0.1) is 12.7 Å². The number of hydrogen-bond donors (Lipinski definition) is 0. The highest BCUT2D eigenvalue weighted by Crippen LogP contribution is 2.33. The second-order valence-corrected chi connectivity index (χ2v) is 5.97. The first-order valence-electron chi connectivity index (χ1n) is 7.44. The Morgan fingerprint density at radius 2 is 1.96 bits per heavy atom. The molecule has 2 rings (SSSR count). The molecule has 0 spiro atoms. The summed E-state index contributed by atoms with van der Waals surface area (Å²) >= 11 is 5.95. The number of hydrogen-bond acceptors (Lipinski definition) is 4. The van der Waals surface area contributed by atoms with Crippen molar-refractivity contribution in [3.63, 3.8) is 0 Å². The SMILES string of the molecule is CC(=O)c1cc(Cl)c(Oc2cnc(OCC(F)(F)C(F)F)c(C)c2)cc1F. The van der Waals surface area contributed by atoms with E-state index in [0.717, 1.165) is 18.3 Å². The van der Waals surface area contributed by atoms with Gasteiger partial charge in [-0.3, -0.25) is 4.79 Å². The van der Waals surface area contributed by atoms with E-state index in [-0.39, 0.29) is 33.5 Å². The van der Waals surface area contributed by atoms with Crippen LogP contribution in [0.4, 0.5) is 22.0 Å². The first-order valence-corrected chi connectivity index (χ1v) is 7.82. The number of nitrogens with zero attached hydrogens (tertiary/aromatic N) is 1. The molecule has 1 aromatic heterocycles. The molecular weight excluding hydrogens is 397 g/mol. The minimum atomic E-state index is -4.31. The molecule has 0 aliphatic heterocycles. The van der Waals surface area contributed by atoms with Gasteiger partial charge >= 0.3 is 12.3 Å². The highest BCUT2D eigenvalue weighted by molar-refractivity contribution is 6.32. The monoisotopic (exact) mass is 409 g/mol. The van der Waals surface area contributed by atoms with Crippen molar-refractivity contribution in [2.24, 2.45) is 0 Å². The number of aromatic nitrogens is 1. The number of Topliss-reactive ketones (excluding diaryl/α,β-unsaturated/α-hetero) is 1. The van der Waals surface area contributed by atoms with Crippen molar-refractivity contribution >= 4 is 17.4 Å². The van der Waals surface area contributed by atoms with Gasteiger partial charge in [0.2, 0.25) is 5.88 Å². The topological polar surface area (TPSA) is 48.4 Å². The highest BCUT2D eigenvalue weighted by Gasteiger charge is 2.42. The average molecular weight is 410 g/mol. The Kier molecular flexibility index (Phi) is 6.25. The first-order chi connectivity index (χ1) is 12.5. The molecule has 0 unspecified atom stereocenters. The van der Waals surface area contributed by atoms with E-state index in [0.29, 0.717) is 0 Å². The number of ether oxygens (including phenoxy) is 2. The van der Waals surface area contributed by atoms with Crippen LogP contribution in [0.2, 0.25) is 5.02 Å². The Balaban J connectivity index is 2.17. The lowest BCUT2D eigenvalue weighted by molar-refractivity contribution is -0.148. The zero-order chi connectivity index (χ0) is 20.4. The van der Waals surface area contributed by atoms with Gasteiger partial charge in [-0.1, -0.05) is 11.6 Å². The van der Waals surface area contributed by atoms with Crippen LogP contribution in [0.25, 0.3) is 0 Å². The van der Waals surface area contributed by atoms with Gasteiger partial charge in [0.25, 0.3) is 0 Å². The van der Waals surface area contributed by atoms with E-state index >= 15 is 0 Å². The Morgan fingerprint density at radius 3 is 2.52 bits per heavy atom. The Hall–Kier alpha value is -2.42. The number of pyridine rings is 1. The van der Waals surface area contributed by atoms with Crippen LogP contribution in [-0.4, -0.2) is 29.7 Å². The number of aryl methyl sites for hydroxylation is 1. The molecular formula is C17H13ClF5NO3. The number of benzene rings is 1. The van der Waals surface area contributed by atoms with Crippen LogP contribution in [0.3, 0.4) is 0 Å². The summed E-state index contributed by atoms with van der Waals surface area (Å²) in [6, 6.07) is 3.34. The summed E-state index contributed by atoms with van der Waals surface area (Å²) in [6.45, 7) is 1.07. The second-order valence-electron chi connectivity index (χ2n) is 5.56. The van der Waals surface area contributed by atoms with Crippen molar-refractivity contribution in [3.05, 3.63) is 46.4 Å². The Labute approximate surface area is 155 Å². The van der Waals surface area contributed by atoms with Gasteiger partial charge in [-0.25, -0.2) is 18.2 Å². The van der Waals surface area contributed by atoms with Crippen LogP contribution >= 0.6 is 11.6 Å². The number of halogens is 6. The van der Waals surface area contributed by atoms with E-state index in [1.807, 2.05) is 0 Å². The largest absolute Gasteiger partial charge is 0.471 e. The van der Waals surface area contributed by atoms with Crippen molar-refractivity contribution < 1.29 is 36.2 Å². The summed E-state index contributed by atoms with van der Waals surface area (Å²) in [5.41, 5.74) is 0.0138. The lowest BCUT2D eigenvalue weighted by Gasteiger charge is -2.16. The fourth-order valence-electron chi connectivity index (χ4n) is 1.97. The number of ketones is 1. The number of rotatable bonds is 7. The standard InChI is InChI=1S/C17H13ClF5NO3/c1-8-3-10(6-24-15(8)26-7-17(22,23)16(20)21)27-14-5-13(19)11(9(2)25)4-12(14)18/h3-6,16H,7H2,1-2H3. The van der Waals surface area contributed by atoms with Crippen molar-refractivity contribution in [1.82, 2.24) is 4.98 Å². The smallest absolute Gasteiger partial charge is 0.340 e. The molecule has 1 heterocycles. The van der Waals surface area contributed by atoms with Gasteiger partial charge in [0, 0.05) is 11.6 Å². The van der Waals surface area contributed by atoms with Gasteiger partial charge < -0.3 is 9.47 Å². The van der Waals surface area contributed by atoms with Gasteiger partial charge in [-0.05, 0) is 26.0 Å². The molecule has 0 saturated heterocycles. The minimum Gasteiger partial charge on any atom is -0.471 e. The maximum absolute atomic E-state index is 13.9. The summed E-state index contributed by atoms with van der Waals surface area (Å²) in [4.78, 5) is 15.0. The van der Waals surface area contributed by atoms with E-state index < -0.39 is 30.6 Å². The zero-order valence-electron chi connectivity index (χ0n) is 14.0. The number of alkyl halides is 4. The van der Waals surface area contributed by atoms with Gasteiger partial charge in [0.15, 0.2) is 12.4 Å². The normalized spacial score (nSPS) is 11.6. The molecule has 2 aromatic rings. The fraction of sp³-hybridized carbons (Fsp3) is 0.294. The minimum absolute atomic E-state index is 0.0313. The molecule has 0 saturated carbocycles. The summed E-state index contributed by atoms with van der Waals surface area (Å²) in [5.74, 6) is -5.98. The number of carbonyl (C=O) groups is 1. The average Bonchev–Trinajstić information content (AvgIpc) is 2.56. The van der Waals surface area contributed by atoms with E-state index in [2.05, 4.69) is 9.72 Å². The van der Waals surface area contributed by atoms with Gasteiger partial charge in [0.05, 0.1) is 16.8 Å². The molecule has 10 heteroatoms. The highest BCUT2D eigenvalue weighted by atomic mass is 35.5. The molecule has 0 radical (unpaired) electrons. The van der Waals surface area contributed by atoms with Crippen molar-refractivity contribution in [1.29, 1.82) is 0 Å². The van der Waals surface area contributed by atoms with E-state index in [9.17, 15) is 26.7 Å². The molecule has 27 heavy (non-hydrogen) atoms. The van der Waals surface area contributed by atoms with Crippen LogP contribution in [0.1, 0.15) is 22.8 Å². The van der Waals surface area contributed by atoms with Crippen LogP contribution in [0.15, 0.2) is 24.4 Å². The predicted molar refractivity (Wildman–Crippen MR) is 86.9 cm³/mol. The zero-order valence-corrected chi connectivity index (χ0v) is 14.8. The maximum Gasteiger partial charge on any atom is 0.340 e. The molecule has 4 nitrogen and oxygen atoms in total. The summed E-state index contributed by atoms with van der Waals surface area (Å²) in [6.07, 6.45) is -2.80. The van der Waals surface area contributed by atoms with Crippen molar-refractivity contribution in [2.75, 3.05) is 6.61 Å². The number of carbonyl (C=O) groups excluding carboxylic acids is 1. The summed E-state index contributed by atoms with van der Waals surface area (Å²) in [7, 11) is 0. The van der Waals surface area contributed by atoms with Crippen molar-refractivity contribution in [3.8, 4) is 17.4 Å². The molecule has 1 aromatic carbocycles. The van der Waals surface area contributed by atoms with Crippen LogP contribution in [-0.2, 0) is 0 Å². The molecule has 0 atom stereocenters. The molecule has 0 bridgehead atoms. The third kappa shape index (κ3) is 5.06. The maximum atomic E-state index is 13.9. The Morgan fingerprint density at radius 1 is 1.30 bits per heavy atom. The first kappa shape index (κ1) is 20.9. The van der Waals surface area contributed by atoms with Crippen molar-refractivity contribution in [2.45, 2.75) is 26.2 Å². The predicted octanol–water partition coefficient (Wildman–Crippen LogP) is 5.46. The van der Waals surface area contributed by atoms with Gasteiger partial charge in [-0.15, -0.1) is 0 Å². The van der Waals surface area contributed by atoms with Crippen LogP contribution in [0.5, 0.6) is 17.4 Å². The quantitative estimate of drug-likeness (QED) is 0.450. The van der Waals surface area contributed by atoms with E-state index in [4.69, 9.17) is 16.3 Å². The Bertz CT molecular complexity index is 861. The summed E-state index contributed by atoms with van der Waals surface area (Å²) < 4.78 is 74.0. The molecule has 0 fully saturated rings. The summed E-state index contributed by atoms with van der Waals surface area (Å²) in [5, 5.41) is -0.0313. The molecule has 146 valence electrons. The lowest BCUT2D eigenvalue weighted by Crippen LogP contribution is -2.34. The molecule has 0 aliphatic carbocycles. The molecule has 0 aliphatic rings. The van der Waals surface area contributed by atoms with E-state index in [1.165, 1.54) is 19.9 Å². The third-order valence-electron chi connectivity index (χ3n) is 3.35. The van der Waals surface area contributed by atoms with Gasteiger partial charge in [-0.2, -0.15) is 8.78 Å². The molecule has 0 amide bonds. The fourth-order valence-corrected chi connectivity index (χ4v) is 2.18. The van der Waals surface area contributed by atoms with Gasteiger partial charge in [0.1, 0.15) is 17.3 Å². The third-order valence-corrected chi connectivity index (χ3v) is 3.65. The van der Waals surface area contributed by atoms with Crippen LogP contribution < -0.4 is 9.47 Å². The second kappa shape index (κ2) is 8.08.